The van der Waals surface area contributed by atoms with Crippen LogP contribution in [0.25, 0.3) is 0 Å². The SMILES string of the molecule is CCCC(=O)Nc1cccc(CN=C(NCC)N2CCN(C(C)=O)CC2)c1. The first kappa shape index (κ1) is 20.7. The minimum absolute atomic E-state index is 0.0369. The van der Waals surface area contributed by atoms with Gasteiger partial charge < -0.3 is 20.4 Å². The third-order valence-electron chi connectivity index (χ3n) is 4.46. The van der Waals surface area contributed by atoms with Crippen molar-refractivity contribution in [3.05, 3.63) is 29.8 Å². The summed E-state index contributed by atoms with van der Waals surface area (Å²) in [5.41, 5.74) is 1.85. The molecule has 1 saturated heterocycles. The van der Waals surface area contributed by atoms with Gasteiger partial charge in [-0.25, -0.2) is 4.99 Å². The van der Waals surface area contributed by atoms with Gasteiger partial charge in [0, 0.05) is 51.8 Å². The maximum atomic E-state index is 11.8. The Labute approximate surface area is 161 Å². The first-order valence-electron chi connectivity index (χ1n) is 9.71. The number of amides is 2. The van der Waals surface area contributed by atoms with Crippen molar-refractivity contribution in [3.63, 3.8) is 0 Å². The Balaban J connectivity index is 2.00. The molecule has 0 unspecified atom stereocenters. The quantitative estimate of drug-likeness (QED) is 0.591. The summed E-state index contributed by atoms with van der Waals surface area (Å²) in [5, 5.41) is 6.26. The zero-order chi connectivity index (χ0) is 19.6. The Kier molecular flexibility index (Phi) is 8.10. The van der Waals surface area contributed by atoms with Crippen LogP contribution >= 0.6 is 0 Å². The minimum atomic E-state index is 0.0369. The van der Waals surface area contributed by atoms with Gasteiger partial charge in [0.15, 0.2) is 5.96 Å². The number of hydrogen-bond acceptors (Lipinski definition) is 3. The molecule has 27 heavy (non-hydrogen) atoms. The van der Waals surface area contributed by atoms with Crippen LogP contribution in [-0.4, -0.2) is 60.3 Å². The van der Waals surface area contributed by atoms with Crippen LogP contribution in [0, 0.1) is 0 Å². The van der Waals surface area contributed by atoms with Gasteiger partial charge >= 0.3 is 0 Å². The van der Waals surface area contributed by atoms with Gasteiger partial charge in [-0.1, -0.05) is 19.1 Å². The fourth-order valence-corrected chi connectivity index (χ4v) is 3.02. The van der Waals surface area contributed by atoms with Crippen LogP contribution in [0.2, 0.25) is 0 Å². The molecule has 0 saturated carbocycles. The van der Waals surface area contributed by atoms with E-state index in [9.17, 15) is 9.59 Å². The van der Waals surface area contributed by atoms with Crippen LogP contribution in [0.5, 0.6) is 0 Å². The molecular weight excluding hydrogens is 342 g/mol. The largest absolute Gasteiger partial charge is 0.357 e. The highest BCUT2D eigenvalue weighted by molar-refractivity contribution is 5.90. The molecule has 1 aliphatic rings. The predicted octanol–water partition coefficient (Wildman–Crippen LogP) is 2.05. The molecule has 148 valence electrons. The Morgan fingerprint density at radius 1 is 1.11 bits per heavy atom. The maximum Gasteiger partial charge on any atom is 0.224 e. The van der Waals surface area contributed by atoms with Crippen LogP contribution in [0.15, 0.2) is 29.3 Å². The van der Waals surface area contributed by atoms with Gasteiger partial charge in [-0.15, -0.1) is 0 Å². The molecule has 0 aromatic heterocycles. The molecule has 1 aromatic carbocycles. The summed E-state index contributed by atoms with van der Waals surface area (Å²) >= 11 is 0. The van der Waals surface area contributed by atoms with E-state index >= 15 is 0 Å². The third kappa shape index (κ3) is 6.58. The number of benzene rings is 1. The van der Waals surface area contributed by atoms with Crippen molar-refractivity contribution in [2.24, 2.45) is 4.99 Å². The number of carbonyl (C=O) groups excluding carboxylic acids is 2. The van der Waals surface area contributed by atoms with Gasteiger partial charge in [-0.05, 0) is 31.0 Å². The standard InChI is InChI=1S/C20H31N5O2/c1-4-7-19(27)23-18-9-6-8-17(14-18)15-22-20(21-5-2)25-12-10-24(11-13-25)16(3)26/h6,8-9,14H,4-5,7,10-13,15H2,1-3H3,(H,21,22)(H,23,27). The molecule has 7 heteroatoms. The van der Waals surface area contributed by atoms with Crippen LogP contribution < -0.4 is 10.6 Å². The van der Waals surface area contributed by atoms with Crippen LogP contribution in [0.1, 0.15) is 39.2 Å². The molecule has 0 bridgehead atoms. The van der Waals surface area contributed by atoms with E-state index in [1.54, 1.807) is 6.92 Å². The third-order valence-corrected chi connectivity index (χ3v) is 4.46. The number of hydrogen-bond donors (Lipinski definition) is 2. The Hall–Kier alpha value is -2.57. The number of guanidine groups is 1. The van der Waals surface area contributed by atoms with Crippen LogP contribution in [0.4, 0.5) is 5.69 Å². The van der Waals surface area contributed by atoms with E-state index in [1.165, 1.54) is 0 Å². The number of nitrogens with zero attached hydrogens (tertiary/aromatic N) is 3. The second-order valence-electron chi connectivity index (χ2n) is 6.66. The van der Waals surface area contributed by atoms with Crippen molar-refractivity contribution in [1.82, 2.24) is 15.1 Å². The fourth-order valence-electron chi connectivity index (χ4n) is 3.02. The molecule has 0 aliphatic carbocycles. The smallest absolute Gasteiger partial charge is 0.224 e. The molecule has 1 fully saturated rings. The summed E-state index contributed by atoms with van der Waals surface area (Å²) in [6.07, 6.45) is 1.36. The van der Waals surface area contributed by atoms with Crippen molar-refractivity contribution in [2.75, 3.05) is 38.0 Å². The number of carbonyl (C=O) groups is 2. The molecule has 2 rings (SSSR count). The highest BCUT2D eigenvalue weighted by Crippen LogP contribution is 2.13. The topological polar surface area (TPSA) is 77.0 Å². The van der Waals surface area contributed by atoms with Crippen LogP contribution in [-0.2, 0) is 16.1 Å². The van der Waals surface area contributed by atoms with E-state index in [-0.39, 0.29) is 11.8 Å². The van der Waals surface area contributed by atoms with E-state index in [2.05, 4.69) is 15.5 Å². The summed E-state index contributed by atoms with van der Waals surface area (Å²) in [6, 6.07) is 7.81. The first-order valence-corrected chi connectivity index (χ1v) is 9.71. The molecular formula is C20H31N5O2. The molecule has 0 spiro atoms. The molecule has 7 nitrogen and oxygen atoms in total. The van der Waals surface area contributed by atoms with Gasteiger partial charge in [0.2, 0.25) is 11.8 Å². The number of anilines is 1. The minimum Gasteiger partial charge on any atom is -0.357 e. The summed E-state index contributed by atoms with van der Waals surface area (Å²) in [6.45, 7) is 9.97. The highest BCUT2D eigenvalue weighted by Gasteiger charge is 2.20. The number of rotatable bonds is 6. The lowest BCUT2D eigenvalue weighted by molar-refractivity contribution is -0.130. The normalized spacial score (nSPS) is 14.9. The summed E-state index contributed by atoms with van der Waals surface area (Å²) in [5.74, 6) is 1.02. The molecule has 1 aliphatic heterocycles. The van der Waals surface area contributed by atoms with Crippen LogP contribution in [0.3, 0.4) is 0 Å². The zero-order valence-corrected chi connectivity index (χ0v) is 16.6. The average molecular weight is 374 g/mol. The first-order chi connectivity index (χ1) is 13.0. The average Bonchev–Trinajstić information content (AvgIpc) is 2.65. The van der Waals surface area contributed by atoms with Gasteiger partial charge in [-0.3, -0.25) is 9.59 Å². The molecule has 2 N–H and O–H groups in total. The number of aliphatic imine (C=N–C) groups is 1. The zero-order valence-electron chi connectivity index (χ0n) is 16.6. The number of piperazine rings is 1. The van der Waals surface area contributed by atoms with Gasteiger partial charge in [0.05, 0.1) is 6.54 Å². The van der Waals surface area contributed by atoms with Crippen molar-refractivity contribution < 1.29 is 9.59 Å². The Morgan fingerprint density at radius 3 is 2.44 bits per heavy atom. The van der Waals surface area contributed by atoms with Crippen molar-refractivity contribution in [2.45, 2.75) is 40.2 Å². The predicted molar refractivity (Wildman–Crippen MR) is 109 cm³/mol. The molecule has 1 heterocycles. The Morgan fingerprint density at radius 2 is 1.81 bits per heavy atom. The van der Waals surface area contributed by atoms with Crippen molar-refractivity contribution in [3.8, 4) is 0 Å². The lowest BCUT2D eigenvalue weighted by Crippen LogP contribution is -2.53. The lowest BCUT2D eigenvalue weighted by atomic mass is 10.2. The van der Waals surface area contributed by atoms with Gasteiger partial charge in [0.25, 0.3) is 0 Å². The fraction of sp³-hybridized carbons (Fsp3) is 0.550. The van der Waals surface area contributed by atoms with Crippen molar-refractivity contribution in [1.29, 1.82) is 0 Å². The van der Waals surface area contributed by atoms with E-state index in [4.69, 9.17) is 4.99 Å². The second-order valence-corrected chi connectivity index (χ2v) is 6.66. The molecule has 0 atom stereocenters. The van der Waals surface area contributed by atoms with E-state index in [1.807, 2.05) is 43.0 Å². The summed E-state index contributed by atoms with van der Waals surface area (Å²) in [7, 11) is 0. The van der Waals surface area contributed by atoms with Gasteiger partial charge in [0.1, 0.15) is 0 Å². The second kappa shape index (κ2) is 10.5. The summed E-state index contributed by atoms with van der Waals surface area (Å²) < 4.78 is 0. The van der Waals surface area contributed by atoms with E-state index in [0.29, 0.717) is 13.0 Å². The highest BCUT2D eigenvalue weighted by atomic mass is 16.2. The van der Waals surface area contributed by atoms with E-state index in [0.717, 1.165) is 56.4 Å². The van der Waals surface area contributed by atoms with Gasteiger partial charge in [-0.2, -0.15) is 0 Å². The molecule has 0 radical (unpaired) electrons. The van der Waals surface area contributed by atoms with Crippen molar-refractivity contribution >= 4 is 23.5 Å². The maximum absolute atomic E-state index is 11.8. The molecule has 2 amide bonds. The molecule has 1 aromatic rings. The Bertz CT molecular complexity index is 666. The summed E-state index contributed by atoms with van der Waals surface area (Å²) in [4.78, 5) is 32.1. The van der Waals surface area contributed by atoms with E-state index < -0.39 is 0 Å². The monoisotopic (exact) mass is 373 g/mol. The number of nitrogens with one attached hydrogen (secondary N) is 2. The lowest BCUT2D eigenvalue weighted by Gasteiger charge is -2.36.